The first-order valence-electron chi connectivity index (χ1n) is 11.4. The minimum Gasteiger partial charge on any atom is -0.457 e. The molecule has 8 heteroatoms. The van der Waals surface area contributed by atoms with E-state index in [0.29, 0.717) is 11.1 Å². The van der Waals surface area contributed by atoms with Gasteiger partial charge in [-0.1, -0.05) is 34.1 Å². The number of Topliss-reactive ketones (excluding diaryl/α,β-unsaturated/α-hetero) is 1. The average Bonchev–Trinajstić information content (AvgIpc) is 3.24. The fourth-order valence-corrected chi connectivity index (χ4v) is 4.38. The standard InChI is InChI=1S/C28H24BrNO6/c1-17-4-3-5-18(2)26(17)30-15-21(14-25(30)32)27(33)35-16-24(31)19-8-12-23(13-9-19)36-28(34)20-6-10-22(29)11-7-20/h3-13,21H,14-16H2,1-2H3/t21-/m0/s1. The minimum atomic E-state index is -0.635. The number of aryl methyl sites for hydroxylation is 2. The normalized spacial score (nSPS) is 15.0. The summed E-state index contributed by atoms with van der Waals surface area (Å²) < 4.78 is 11.4. The van der Waals surface area contributed by atoms with Gasteiger partial charge >= 0.3 is 11.9 Å². The predicted molar refractivity (Wildman–Crippen MR) is 137 cm³/mol. The first-order chi connectivity index (χ1) is 17.2. The molecule has 0 N–H and O–H groups in total. The van der Waals surface area contributed by atoms with Crippen molar-refractivity contribution in [1.29, 1.82) is 0 Å². The molecule has 3 aromatic carbocycles. The topological polar surface area (TPSA) is 90.0 Å². The molecule has 0 aromatic heterocycles. The highest BCUT2D eigenvalue weighted by Gasteiger charge is 2.37. The molecule has 1 atom stereocenters. The summed E-state index contributed by atoms with van der Waals surface area (Å²) in [6, 6.07) is 18.5. The van der Waals surface area contributed by atoms with Gasteiger partial charge in [-0.2, -0.15) is 0 Å². The highest BCUT2D eigenvalue weighted by atomic mass is 79.9. The molecule has 0 spiro atoms. The molecule has 4 rings (SSSR count). The van der Waals surface area contributed by atoms with Crippen LogP contribution in [0.3, 0.4) is 0 Å². The number of esters is 2. The Labute approximate surface area is 217 Å². The zero-order valence-electron chi connectivity index (χ0n) is 19.8. The van der Waals surface area contributed by atoms with Gasteiger partial charge in [-0.25, -0.2) is 4.79 Å². The Morgan fingerprint density at radius 3 is 2.17 bits per heavy atom. The van der Waals surface area contributed by atoms with Crippen molar-refractivity contribution in [2.45, 2.75) is 20.3 Å². The Balaban J connectivity index is 1.31. The number of hydrogen-bond donors (Lipinski definition) is 0. The number of ether oxygens (including phenoxy) is 2. The molecular weight excluding hydrogens is 526 g/mol. The minimum absolute atomic E-state index is 0.0409. The molecule has 1 saturated heterocycles. The number of amides is 1. The van der Waals surface area contributed by atoms with Crippen molar-refractivity contribution >= 4 is 45.2 Å². The maximum absolute atomic E-state index is 12.6. The van der Waals surface area contributed by atoms with E-state index in [0.717, 1.165) is 21.3 Å². The van der Waals surface area contributed by atoms with Crippen LogP contribution in [0.15, 0.2) is 71.2 Å². The van der Waals surface area contributed by atoms with Crippen molar-refractivity contribution in [3.63, 3.8) is 0 Å². The number of carbonyl (C=O) groups is 4. The third-order valence-electron chi connectivity index (χ3n) is 5.98. The number of rotatable bonds is 7. The number of ketones is 1. The molecule has 1 fully saturated rings. The highest BCUT2D eigenvalue weighted by Crippen LogP contribution is 2.31. The van der Waals surface area contributed by atoms with Crippen molar-refractivity contribution in [2.24, 2.45) is 5.92 Å². The Hall–Kier alpha value is -3.78. The summed E-state index contributed by atoms with van der Waals surface area (Å²) in [4.78, 5) is 51.5. The van der Waals surface area contributed by atoms with Crippen LogP contribution < -0.4 is 9.64 Å². The van der Waals surface area contributed by atoms with Crippen LogP contribution in [0.25, 0.3) is 0 Å². The van der Waals surface area contributed by atoms with E-state index in [1.54, 1.807) is 29.2 Å². The number of carbonyl (C=O) groups excluding carboxylic acids is 4. The van der Waals surface area contributed by atoms with E-state index >= 15 is 0 Å². The van der Waals surface area contributed by atoms with E-state index in [2.05, 4.69) is 15.9 Å². The molecule has 7 nitrogen and oxygen atoms in total. The van der Waals surface area contributed by atoms with Crippen LogP contribution in [0, 0.1) is 19.8 Å². The summed E-state index contributed by atoms with van der Waals surface area (Å²) in [6.45, 7) is 3.63. The summed E-state index contributed by atoms with van der Waals surface area (Å²) in [7, 11) is 0. The summed E-state index contributed by atoms with van der Waals surface area (Å²) in [5.41, 5.74) is 3.43. The lowest BCUT2D eigenvalue weighted by atomic mass is 10.1. The molecule has 184 valence electrons. The fourth-order valence-electron chi connectivity index (χ4n) is 4.11. The molecule has 1 amide bonds. The number of para-hydroxylation sites is 1. The number of halogens is 1. The van der Waals surface area contributed by atoms with Crippen LogP contribution in [0.2, 0.25) is 0 Å². The van der Waals surface area contributed by atoms with Gasteiger partial charge in [-0.05, 0) is 73.5 Å². The predicted octanol–water partition coefficient (Wildman–Crippen LogP) is 5.06. The fraction of sp³-hybridized carbons (Fsp3) is 0.214. The van der Waals surface area contributed by atoms with Gasteiger partial charge in [0.25, 0.3) is 0 Å². The van der Waals surface area contributed by atoms with Crippen molar-refractivity contribution < 1.29 is 28.7 Å². The van der Waals surface area contributed by atoms with Gasteiger partial charge in [0.2, 0.25) is 5.91 Å². The zero-order valence-corrected chi connectivity index (χ0v) is 21.4. The van der Waals surface area contributed by atoms with Crippen molar-refractivity contribution in [2.75, 3.05) is 18.1 Å². The van der Waals surface area contributed by atoms with Gasteiger partial charge in [0.15, 0.2) is 12.4 Å². The Morgan fingerprint density at radius 1 is 0.917 bits per heavy atom. The van der Waals surface area contributed by atoms with E-state index in [-0.39, 0.29) is 24.6 Å². The van der Waals surface area contributed by atoms with Crippen LogP contribution >= 0.6 is 15.9 Å². The maximum Gasteiger partial charge on any atom is 0.343 e. The van der Waals surface area contributed by atoms with Crippen LogP contribution in [0.4, 0.5) is 5.69 Å². The van der Waals surface area contributed by atoms with Gasteiger partial charge in [0.1, 0.15) is 5.75 Å². The van der Waals surface area contributed by atoms with Crippen LogP contribution in [-0.4, -0.2) is 36.8 Å². The lowest BCUT2D eigenvalue weighted by molar-refractivity contribution is -0.147. The second kappa shape index (κ2) is 10.9. The first-order valence-corrected chi connectivity index (χ1v) is 12.2. The number of anilines is 1. The van der Waals surface area contributed by atoms with E-state index in [1.165, 1.54) is 24.3 Å². The summed E-state index contributed by atoms with van der Waals surface area (Å²) >= 11 is 3.31. The summed E-state index contributed by atoms with van der Waals surface area (Å²) in [5, 5.41) is 0. The lowest BCUT2D eigenvalue weighted by Crippen LogP contribution is -2.28. The van der Waals surface area contributed by atoms with Crippen molar-refractivity contribution in [3.05, 3.63) is 93.5 Å². The largest absolute Gasteiger partial charge is 0.457 e. The van der Waals surface area contributed by atoms with Crippen molar-refractivity contribution in [1.82, 2.24) is 0 Å². The summed E-state index contributed by atoms with van der Waals surface area (Å²) in [6.07, 6.45) is 0.0409. The molecule has 36 heavy (non-hydrogen) atoms. The molecule has 1 aliphatic heterocycles. The first kappa shape index (κ1) is 25.3. The highest BCUT2D eigenvalue weighted by molar-refractivity contribution is 9.10. The monoisotopic (exact) mass is 549 g/mol. The second-order valence-corrected chi connectivity index (χ2v) is 9.51. The van der Waals surface area contributed by atoms with Gasteiger partial charge in [0.05, 0.1) is 11.5 Å². The molecule has 0 aliphatic carbocycles. The molecule has 0 saturated carbocycles. The SMILES string of the molecule is Cc1cccc(C)c1N1C[C@@H](C(=O)OCC(=O)c2ccc(OC(=O)c3ccc(Br)cc3)cc2)CC1=O. The number of benzene rings is 3. The smallest absolute Gasteiger partial charge is 0.343 e. The van der Waals surface area contributed by atoms with E-state index in [1.807, 2.05) is 32.0 Å². The summed E-state index contributed by atoms with van der Waals surface area (Å²) in [5.74, 6) is -1.99. The molecule has 1 heterocycles. The van der Waals surface area contributed by atoms with Gasteiger partial charge in [-0.3, -0.25) is 14.4 Å². The molecule has 0 radical (unpaired) electrons. The second-order valence-electron chi connectivity index (χ2n) is 8.60. The lowest BCUT2D eigenvalue weighted by Gasteiger charge is -2.21. The molecule has 3 aromatic rings. The quantitative estimate of drug-likeness (QED) is 0.232. The maximum atomic E-state index is 12.6. The van der Waals surface area contributed by atoms with E-state index in [4.69, 9.17) is 9.47 Å². The van der Waals surface area contributed by atoms with E-state index < -0.39 is 30.2 Å². The number of hydrogen-bond acceptors (Lipinski definition) is 6. The Morgan fingerprint density at radius 2 is 1.53 bits per heavy atom. The van der Waals surface area contributed by atoms with Crippen LogP contribution in [-0.2, 0) is 14.3 Å². The molecule has 1 aliphatic rings. The van der Waals surface area contributed by atoms with E-state index in [9.17, 15) is 19.2 Å². The third-order valence-corrected chi connectivity index (χ3v) is 6.51. The van der Waals surface area contributed by atoms with Crippen molar-refractivity contribution in [3.8, 4) is 5.75 Å². The molecule has 0 bridgehead atoms. The zero-order chi connectivity index (χ0) is 25.8. The number of nitrogens with zero attached hydrogens (tertiary/aromatic N) is 1. The molecular formula is C28H24BrNO6. The van der Waals surface area contributed by atoms with Crippen LogP contribution in [0.5, 0.6) is 5.75 Å². The third kappa shape index (κ3) is 5.71. The Bertz CT molecular complexity index is 1300. The Kier molecular flexibility index (Phi) is 7.64. The van der Waals surface area contributed by atoms with Gasteiger partial charge < -0.3 is 14.4 Å². The van der Waals surface area contributed by atoms with Gasteiger partial charge in [-0.15, -0.1) is 0 Å². The van der Waals surface area contributed by atoms with Crippen LogP contribution in [0.1, 0.15) is 38.3 Å². The van der Waals surface area contributed by atoms with Gasteiger partial charge in [0, 0.05) is 28.7 Å². The average molecular weight is 550 g/mol. The molecule has 0 unspecified atom stereocenters.